The summed E-state index contributed by atoms with van der Waals surface area (Å²) in [7, 11) is 0. The van der Waals surface area contributed by atoms with Crippen LogP contribution in [0.4, 0.5) is 0 Å². The number of halogens is 2. The Morgan fingerprint density at radius 2 is 1.76 bits per heavy atom. The zero-order chi connectivity index (χ0) is 22.8. The average molecular weight is 480 g/mol. The van der Waals surface area contributed by atoms with Crippen molar-refractivity contribution >= 4 is 29.1 Å². The zero-order valence-corrected chi connectivity index (χ0v) is 19.5. The largest absolute Gasteiger partial charge is 0.463 e. The second-order valence-corrected chi connectivity index (χ2v) is 9.14. The van der Waals surface area contributed by atoms with Crippen LogP contribution in [0.5, 0.6) is 0 Å². The van der Waals surface area contributed by atoms with Crippen LogP contribution in [0.1, 0.15) is 28.9 Å². The second kappa shape index (κ2) is 9.46. The number of piperidine rings is 1. The standard InChI is InChI=1S/C26H23Cl2N3O2/c27-21-9-8-20(16-22(21)28)31-24(17-23(29-31)25-7-4-14-33-25)26(32)30-12-10-19(11-13-30)15-18-5-2-1-3-6-18/h1-9,14,16-17,19H,10-13,15H2. The number of carbonyl (C=O) groups excluding carboxylic acids is 1. The Labute approximate surface area is 202 Å². The molecule has 5 nitrogen and oxygen atoms in total. The first-order valence-electron chi connectivity index (χ1n) is 11.0. The molecular weight excluding hydrogens is 457 g/mol. The summed E-state index contributed by atoms with van der Waals surface area (Å²) < 4.78 is 7.14. The first kappa shape index (κ1) is 21.8. The van der Waals surface area contributed by atoms with Crippen molar-refractivity contribution < 1.29 is 9.21 Å². The lowest BCUT2D eigenvalue weighted by atomic mass is 9.90. The molecule has 0 unspecified atom stereocenters. The highest BCUT2D eigenvalue weighted by molar-refractivity contribution is 6.42. The molecule has 1 amide bonds. The summed E-state index contributed by atoms with van der Waals surface area (Å²) in [5.41, 5.74) is 3.09. The molecule has 4 aromatic rings. The number of benzene rings is 2. The summed E-state index contributed by atoms with van der Waals surface area (Å²) >= 11 is 12.3. The van der Waals surface area contributed by atoms with Gasteiger partial charge in [-0.2, -0.15) is 5.10 Å². The van der Waals surface area contributed by atoms with Crippen molar-refractivity contribution in [2.75, 3.05) is 13.1 Å². The summed E-state index contributed by atoms with van der Waals surface area (Å²) in [6, 6.07) is 21.2. The Balaban J connectivity index is 1.38. The van der Waals surface area contributed by atoms with Gasteiger partial charge in [0.15, 0.2) is 5.76 Å². The molecule has 0 spiro atoms. The van der Waals surface area contributed by atoms with Gasteiger partial charge in [-0.15, -0.1) is 0 Å². The van der Waals surface area contributed by atoms with E-state index < -0.39 is 0 Å². The van der Waals surface area contributed by atoms with Crippen LogP contribution in [-0.2, 0) is 6.42 Å². The third-order valence-electron chi connectivity index (χ3n) is 6.12. The molecule has 1 fully saturated rings. The Kier molecular flexibility index (Phi) is 6.25. The topological polar surface area (TPSA) is 51.3 Å². The van der Waals surface area contributed by atoms with Crippen LogP contribution in [0.25, 0.3) is 17.1 Å². The minimum Gasteiger partial charge on any atom is -0.463 e. The molecule has 5 rings (SSSR count). The second-order valence-electron chi connectivity index (χ2n) is 8.33. The maximum absolute atomic E-state index is 13.6. The van der Waals surface area contributed by atoms with Gasteiger partial charge in [0.1, 0.15) is 11.4 Å². The summed E-state index contributed by atoms with van der Waals surface area (Å²) in [4.78, 5) is 15.5. The smallest absolute Gasteiger partial charge is 0.272 e. The number of likely N-dealkylation sites (tertiary alicyclic amines) is 1. The summed E-state index contributed by atoms with van der Waals surface area (Å²) in [6.45, 7) is 1.44. The van der Waals surface area contributed by atoms with Gasteiger partial charge in [-0.3, -0.25) is 4.79 Å². The molecule has 7 heteroatoms. The number of amides is 1. The fraction of sp³-hybridized carbons (Fsp3) is 0.231. The number of hydrogen-bond acceptors (Lipinski definition) is 3. The first-order valence-corrected chi connectivity index (χ1v) is 11.8. The highest BCUT2D eigenvalue weighted by Gasteiger charge is 2.27. The Hall–Kier alpha value is -3.02. The molecule has 0 atom stereocenters. The van der Waals surface area contributed by atoms with Crippen LogP contribution in [-0.4, -0.2) is 33.7 Å². The molecule has 168 valence electrons. The van der Waals surface area contributed by atoms with Crippen LogP contribution >= 0.6 is 23.2 Å². The van der Waals surface area contributed by atoms with Gasteiger partial charge in [0, 0.05) is 19.2 Å². The molecule has 2 aromatic carbocycles. The molecule has 0 radical (unpaired) electrons. The minimum atomic E-state index is -0.0514. The monoisotopic (exact) mass is 479 g/mol. The molecule has 0 N–H and O–H groups in total. The molecule has 1 aliphatic rings. The van der Waals surface area contributed by atoms with Gasteiger partial charge in [0.2, 0.25) is 0 Å². The van der Waals surface area contributed by atoms with Gasteiger partial charge in [-0.25, -0.2) is 4.68 Å². The maximum Gasteiger partial charge on any atom is 0.272 e. The lowest BCUT2D eigenvalue weighted by Crippen LogP contribution is -2.39. The maximum atomic E-state index is 13.6. The third kappa shape index (κ3) is 4.70. The summed E-state index contributed by atoms with van der Waals surface area (Å²) in [5.74, 6) is 1.13. The van der Waals surface area contributed by atoms with Crippen molar-refractivity contribution in [3.8, 4) is 17.1 Å². The quantitative estimate of drug-likeness (QED) is 0.326. The van der Waals surface area contributed by atoms with Crippen molar-refractivity contribution in [1.29, 1.82) is 0 Å². The third-order valence-corrected chi connectivity index (χ3v) is 6.86. The van der Waals surface area contributed by atoms with Crippen molar-refractivity contribution in [2.45, 2.75) is 19.3 Å². The average Bonchev–Trinajstić information content (AvgIpc) is 3.52. The predicted octanol–water partition coefficient (Wildman–Crippen LogP) is 6.53. The van der Waals surface area contributed by atoms with Gasteiger partial charge in [0.05, 0.1) is 22.0 Å². The summed E-state index contributed by atoms with van der Waals surface area (Å²) in [6.07, 6.45) is 4.60. The number of carbonyl (C=O) groups is 1. The van der Waals surface area contributed by atoms with Gasteiger partial charge in [0.25, 0.3) is 5.91 Å². The number of hydrogen-bond donors (Lipinski definition) is 0. The van der Waals surface area contributed by atoms with Crippen LogP contribution in [0.3, 0.4) is 0 Å². The Morgan fingerprint density at radius 3 is 2.45 bits per heavy atom. The molecule has 2 aromatic heterocycles. The van der Waals surface area contributed by atoms with Crippen molar-refractivity contribution in [3.05, 3.63) is 94.3 Å². The Morgan fingerprint density at radius 1 is 0.970 bits per heavy atom. The first-order chi connectivity index (χ1) is 16.1. The fourth-order valence-corrected chi connectivity index (χ4v) is 4.63. The lowest BCUT2D eigenvalue weighted by Gasteiger charge is -2.32. The molecule has 0 aliphatic carbocycles. The van der Waals surface area contributed by atoms with E-state index in [9.17, 15) is 4.79 Å². The molecule has 1 aliphatic heterocycles. The summed E-state index contributed by atoms with van der Waals surface area (Å²) in [5, 5.41) is 5.51. The van der Waals surface area contributed by atoms with Crippen LogP contribution in [0.2, 0.25) is 10.0 Å². The van der Waals surface area contributed by atoms with Crippen molar-refractivity contribution in [2.24, 2.45) is 5.92 Å². The Bertz CT molecular complexity index is 1240. The molecule has 0 bridgehead atoms. The van der Waals surface area contributed by atoms with E-state index in [0.29, 0.717) is 38.8 Å². The predicted molar refractivity (Wildman–Crippen MR) is 130 cm³/mol. The van der Waals surface area contributed by atoms with E-state index in [4.69, 9.17) is 27.6 Å². The SMILES string of the molecule is O=C(c1cc(-c2ccco2)nn1-c1ccc(Cl)c(Cl)c1)N1CCC(Cc2ccccc2)CC1. The molecule has 0 saturated carbocycles. The lowest BCUT2D eigenvalue weighted by molar-refractivity contribution is 0.0681. The van der Waals surface area contributed by atoms with E-state index in [0.717, 1.165) is 32.4 Å². The van der Waals surface area contributed by atoms with E-state index in [1.165, 1.54) is 5.56 Å². The van der Waals surface area contributed by atoms with E-state index >= 15 is 0 Å². The highest BCUT2D eigenvalue weighted by Crippen LogP contribution is 2.29. The zero-order valence-electron chi connectivity index (χ0n) is 18.0. The molecular formula is C26H23Cl2N3O2. The van der Waals surface area contributed by atoms with Crippen LogP contribution < -0.4 is 0 Å². The number of aromatic nitrogens is 2. The van der Waals surface area contributed by atoms with Gasteiger partial charge in [-0.1, -0.05) is 53.5 Å². The number of nitrogens with zero attached hydrogens (tertiary/aromatic N) is 3. The minimum absolute atomic E-state index is 0.0514. The van der Waals surface area contributed by atoms with Crippen molar-refractivity contribution in [1.82, 2.24) is 14.7 Å². The van der Waals surface area contributed by atoms with E-state index in [-0.39, 0.29) is 5.91 Å². The van der Waals surface area contributed by atoms with Gasteiger partial charge >= 0.3 is 0 Å². The van der Waals surface area contributed by atoms with Crippen LogP contribution in [0.15, 0.2) is 77.4 Å². The highest BCUT2D eigenvalue weighted by atomic mass is 35.5. The fourth-order valence-electron chi connectivity index (χ4n) is 4.34. The van der Waals surface area contributed by atoms with E-state index in [2.05, 4.69) is 29.4 Å². The van der Waals surface area contributed by atoms with E-state index in [1.807, 2.05) is 17.0 Å². The van der Waals surface area contributed by atoms with E-state index in [1.54, 1.807) is 41.3 Å². The molecule has 1 saturated heterocycles. The number of furan rings is 1. The van der Waals surface area contributed by atoms with Gasteiger partial charge in [-0.05, 0) is 61.1 Å². The normalized spacial score (nSPS) is 14.5. The molecule has 3 heterocycles. The number of rotatable bonds is 5. The van der Waals surface area contributed by atoms with Gasteiger partial charge < -0.3 is 9.32 Å². The van der Waals surface area contributed by atoms with Crippen molar-refractivity contribution in [3.63, 3.8) is 0 Å². The molecule has 33 heavy (non-hydrogen) atoms. The van der Waals surface area contributed by atoms with Crippen LogP contribution in [0, 0.1) is 5.92 Å².